The molecule has 3 aromatic rings. The monoisotopic (exact) mass is 425 g/mol. The minimum absolute atomic E-state index is 0.00795. The van der Waals surface area contributed by atoms with Crippen molar-refractivity contribution in [3.8, 4) is 11.9 Å². The number of nitrogens with one attached hydrogen (secondary N) is 1. The van der Waals surface area contributed by atoms with Crippen molar-refractivity contribution in [2.24, 2.45) is 0 Å². The lowest BCUT2D eigenvalue weighted by Crippen LogP contribution is -2.40. The molecule has 0 aliphatic heterocycles. The summed E-state index contributed by atoms with van der Waals surface area (Å²) in [6.07, 6.45) is 1.43. The first kappa shape index (κ1) is 19.8. The number of aliphatic hydroxyl groups excluding tert-OH is 1. The Labute approximate surface area is 169 Å². The highest BCUT2D eigenvalue weighted by Crippen LogP contribution is 2.30. The molecule has 0 unspecified atom stereocenters. The Morgan fingerprint density at radius 2 is 1.93 bits per heavy atom. The Morgan fingerprint density at radius 3 is 2.66 bits per heavy atom. The third-order valence-corrected chi connectivity index (χ3v) is 4.83. The standard InChI is InChI=1S/C19H18ClF2N3O4/c20-13-8-16-17(24-18(13)28-9-12-14(21)2-1-3-15(12)22)25-19(23-16)29-11-6-10(7-11)27-5-4-26/h1-3,8,10-11,26H,4-7,9H2,(H,23,24,25). The average molecular weight is 426 g/mol. The van der Waals surface area contributed by atoms with Crippen molar-refractivity contribution in [2.75, 3.05) is 13.2 Å². The molecule has 29 heavy (non-hydrogen) atoms. The number of benzene rings is 1. The quantitative estimate of drug-likeness (QED) is 0.575. The zero-order valence-electron chi connectivity index (χ0n) is 15.2. The molecule has 10 heteroatoms. The number of nitrogens with zero attached hydrogens (tertiary/aromatic N) is 2. The van der Waals surface area contributed by atoms with Crippen LogP contribution in [-0.4, -0.2) is 45.5 Å². The summed E-state index contributed by atoms with van der Waals surface area (Å²) >= 11 is 6.17. The van der Waals surface area contributed by atoms with Crippen LogP contribution in [0.5, 0.6) is 11.9 Å². The molecule has 0 spiro atoms. The van der Waals surface area contributed by atoms with E-state index in [1.165, 1.54) is 6.07 Å². The maximum Gasteiger partial charge on any atom is 0.296 e. The zero-order valence-corrected chi connectivity index (χ0v) is 16.0. The SMILES string of the molecule is OCCOC1CC(Oc2nc3nc(OCc4c(F)cccc4F)c(Cl)cc3[nH]2)C1. The fourth-order valence-corrected chi connectivity index (χ4v) is 3.18. The summed E-state index contributed by atoms with van der Waals surface area (Å²) in [6.45, 7) is -0.0577. The molecule has 1 fully saturated rings. The molecule has 1 saturated carbocycles. The number of imidazole rings is 1. The zero-order chi connectivity index (χ0) is 20.4. The normalized spacial score (nSPS) is 18.6. The van der Waals surface area contributed by atoms with E-state index in [0.717, 1.165) is 12.1 Å². The van der Waals surface area contributed by atoms with Gasteiger partial charge in [0.25, 0.3) is 6.01 Å². The van der Waals surface area contributed by atoms with E-state index in [0.29, 0.717) is 30.6 Å². The van der Waals surface area contributed by atoms with E-state index >= 15 is 0 Å². The van der Waals surface area contributed by atoms with Gasteiger partial charge in [0, 0.05) is 12.8 Å². The van der Waals surface area contributed by atoms with Gasteiger partial charge in [0.2, 0.25) is 5.88 Å². The number of pyridine rings is 1. The van der Waals surface area contributed by atoms with Gasteiger partial charge in [-0.1, -0.05) is 17.7 Å². The molecule has 2 N–H and O–H groups in total. The third kappa shape index (κ3) is 4.42. The molecular formula is C19H18ClF2N3O4. The van der Waals surface area contributed by atoms with Crippen LogP contribution >= 0.6 is 11.6 Å². The van der Waals surface area contributed by atoms with Gasteiger partial charge in [-0.15, -0.1) is 0 Å². The van der Waals surface area contributed by atoms with E-state index in [1.54, 1.807) is 6.07 Å². The number of aromatic amines is 1. The van der Waals surface area contributed by atoms with Gasteiger partial charge in [0.1, 0.15) is 29.4 Å². The van der Waals surface area contributed by atoms with Gasteiger partial charge in [-0.2, -0.15) is 9.97 Å². The summed E-state index contributed by atoms with van der Waals surface area (Å²) in [5, 5.41) is 8.93. The molecule has 1 aliphatic carbocycles. The molecule has 0 radical (unpaired) electrons. The molecule has 4 rings (SSSR count). The first-order valence-electron chi connectivity index (χ1n) is 9.04. The van der Waals surface area contributed by atoms with Crippen molar-refractivity contribution in [2.45, 2.75) is 31.7 Å². The van der Waals surface area contributed by atoms with Gasteiger partial charge in [-0.25, -0.2) is 8.78 Å². The van der Waals surface area contributed by atoms with Crippen LogP contribution in [0, 0.1) is 11.6 Å². The topological polar surface area (TPSA) is 89.5 Å². The van der Waals surface area contributed by atoms with Gasteiger partial charge in [0.15, 0.2) is 5.65 Å². The molecule has 2 aromatic heterocycles. The smallest absolute Gasteiger partial charge is 0.296 e. The Bertz CT molecular complexity index is 990. The van der Waals surface area contributed by atoms with Crippen molar-refractivity contribution >= 4 is 22.8 Å². The number of fused-ring (bicyclic) bond motifs is 1. The van der Waals surface area contributed by atoms with Gasteiger partial charge in [-0.3, -0.25) is 0 Å². The minimum atomic E-state index is -0.709. The first-order chi connectivity index (χ1) is 14.0. The van der Waals surface area contributed by atoms with Crippen LogP contribution in [0.1, 0.15) is 18.4 Å². The highest BCUT2D eigenvalue weighted by molar-refractivity contribution is 6.32. The number of H-pyrrole nitrogens is 1. The Morgan fingerprint density at radius 1 is 1.17 bits per heavy atom. The van der Waals surface area contributed by atoms with Gasteiger partial charge < -0.3 is 24.3 Å². The summed E-state index contributed by atoms with van der Waals surface area (Å²) in [4.78, 5) is 11.4. The largest absolute Gasteiger partial charge is 0.471 e. The molecule has 0 saturated heterocycles. The molecular weight excluding hydrogens is 408 g/mol. The number of halogens is 3. The first-order valence-corrected chi connectivity index (χ1v) is 9.42. The summed E-state index contributed by atoms with van der Waals surface area (Å²) in [7, 11) is 0. The predicted octanol–water partition coefficient (Wildman–Crippen LogP) is 3.39. The fourth-order valence-electron chi connectivity index (χ4n) is 2.97. The van der Waals surface area contributed by atoms with Crippen LogP contribution < -0.4 is 9.47 Å². The van der Waals surface area contributed by atoms with E-state index in [2.05, 4.69) is 15.0 Å². The Balaban J connectivity index is 1.42. The second-order valence-electron chi connectivity index (χ2n) is 6.61. The van der Waals surface area contributed by atoms with Gasteiger partial charge in [-0.05, 0) is 18.2 Å². The molecule has 154 valence electrons. The summed E-state index contributed by atoms with van der Waals surface area (Å²) in [5.41, 5.74) is 0.641. The maximum absolute atomic E-state index is 13.7. The number of hydrogen-bond acceptors (Lipinski definition) is 6. The van der Waals surface area contributed by atoms with E-state index < -0.39 is 11.6 Å². The molecule has 1 aromatic carbocycles. The van der Waals surface area contributed by atoms with Crippen LogP contribution in [0.4, 0.5) is 8.78 Å². The van der Waals surface area contributed by atoms with Crippen LogP contribution in [0.15, 0.2) is 24.3 Å². The minimum Gasteiger partial charge on any atom is -0.471 e. The fraction of sp³-hybridized carbons (Fsp3) is 0.368. The lowest BCUT2D eigenvalue weighted by molar-refractivity contribution is -0.0708. The predicted molar refractivity (Wildman–Crippen MR) is 100 cm³/mol. The lowest BCUT2D eigenvalue weighted by atomic mass is 9.92. The number of ether oxygens (including phenoxy) is 3. The third-order valence-electron chi connectivity index (χ3n) is 4.56. The highest BCUT2D eigenvalue weighted by atomic mass is 35.5. The second kappa shape index (κ2) is 8.48. The molecule has 2 heterocycles. The summed E-state index contributed by atoms with van der Waals surface area (Å²) in [5.74, 6) is -1.40. The van der Waals surface area contributed by atoms with E-state index in [-0.39, 0.29) is 47.9 Å². The van der Waals surface area contributed by atoms with Crippen LogP contribution in [-0.2, 0) is 11.3 Å². The van der Waals surface area contributed by atoms with Crippen LogP contribution in [0.25, 0.3) is 11.2 Å². The number of aromatic nitrogens is 3. The molecule has 0 bridgehead atoms. The summed E-state index contributed by atoms with van der Waals surface area (Å²) < 4.78 is 44.0. The van der Waals surface area contributed by atoms with Crippen molar-refractivity contribution in [3.63, 3.8) is 0 Å². The highest BCUT2D eigenvalue weighted by Gasteiger charge is 2.32. The maximum atomic E-state index is 13.7. The van der Waals surface area contributed by atoms with E-state index in [4.69, 9.17) is 30.9 Å². The van der Waals surface area contributed by atoms with Crippen LogP contribution in [0.2, 0.25) is 5.02 Å². The van der Waals surface area contributed by atoms with Crippen molar-refractivity contribution in [1.29, 1.82) is 0 Å². The van der Waals surface area contributed by atoms with E-state index in [1.807, 2.05) is 0 Å². The molecule has 0 amide bonds. The summed E-state index contributed by atoms with van der Waals surface area (Å²) in [6, 6.07) is 5.42. The molecule has 7 nitrogen and oxygen atoms in total. The van der Waals surface area contributed by atoms with Crippen molar-refractivity contribution < 1.29 is 28.1 Å². The number of rotatable bonds is 8. The van der Waals surface area contributed by atoms with Crippen LogP contribution in [0.3, 0.4) is 0 Å². The Kier molecular flexibility index (Phi) is 5.79. The lowest BCUT2D eigenvalue weighted by Gasteiger charge is -2.34. The van der Waals surface area contributed by atoms with Gasteiger partial charge in [0.05, 0.1) is 30.4 Å². The van der Waals surface area contributed by atoms with E-state index in [9.17, 15) is 8.78 Å². The Hall–Kier alpha value is -2.49. The average Bonchev–Trinajstić information content (AvgIpc) is 3.04. The second-order valence-corrected chi connectivity index (χ2v) is 7.01. The van der Waals surface area contributed by atoms with Crippen molar-refractivity contribution in [1.82, 2.24) is 15.0 Å². The van der Waals surface area contributed by atoms with Gasteiger partial charge >= 0.3 is 0 Å². The van der Waals surface area contributed by atoms with Crippen molar-refractivity contribution in [3.05, 3.63) is 46.5 Å². The number of hydrogen-bond donors (Lipinski definition) is 2. The number of aliphatic hydroxyl groups is 1. The molecule has 1 aliphatic rings. The molecule has 0 atom stereocenters.